The Labute approximate surface area is 94.1 Å². The largest absolute Gasteiger partial charge is 0.373 e. The standard InChI is InChI=1S/C11H24O2.CH2O/c1-9(13-11(5,6)7)8-12-10(2,3)4;1-2/h9H,8H2,1-7H3;1H2. The summed E-state index contributed by atoms with van der Waals surface area (Å²) in [5, 5.41) is 0. The highest BCUT2D eigenvalue weighted by atomic mass is 16.6. The van der Waals surface area contributed by atoms with Crippen molar-refractivity contribution in [2.75, 3.05) is 6.61 Å². The predicted molar refractivity (Wildman–Crippen MR) is 63.1 cm³/mol. The molecule has 0 N–H and O–H groups in total. The Morgan fingerprint density at radius 2 is 1.40 bits per heavy atom. The van der Waals surface area contributed by atoms with Crippen LogP contribution in [0.3, 0.4) is 0 Å². The molecule has 0 aromatic rings. The summed E-state index contributed by atoms with van der Waals surface area (Å²) in [7, 11) is 0. The molecule has 0 spiro atoms. The fraction of sp³-hybridized carbons (Fsp3) is 0.917. The molecule has 0 aliphatic rings. The lowest BCUT2D eigenvalue weighted by Crippen LogP contribution is -2.31. The summed E-state index contributed by atoms with van der Waals surface area (Å²) in [6, 6.07) is 0. The second-order valence-electron chi connectivity index (χ2n) is 5.46. The van der Waals surface area contributed by atoms with Crippen molar-refractivity contribution in [3.8, 4) is 0 Å². The Kier molecular flexibility index (Phi) is 7.89. The molecule has 3 nitrogen and oxygen atoms in total. The SMILES string of the molecule is C=O.CC(COC(C)(C)C)OC(C)(C)C. The number of carbonyl (C=O) groups is 1. The van der Waals surface area contributed by atoms with Gasteiger partial charge in [-0.1, -0.05) is 0 Å². The van der Waals surface area contributed by atoms with Gasteiger partial charge in [0.2, 0.25) is 0 Å². The van der Waals surface area contributed by atoms with Crippen LogP contribution < -0.4 is 0 Å². The van der Waals surface area contributed by atoms with Crippen LogP contribution in [0.25, 0.3) is 0 Å². The molecule has 0 heterocycles. The van der Waals surface area contributed by atoms with Crippen LogP contribution in [0.5, 0.6) is 0 Å². The Hall–Kier alpha value is -0.410. The summed E-state index contributed by atoms with van der Waals surface area (Å²) in [5.74, 6) is 0. The van der Waals surface area contributed by atoms with E-state index in [1.165, 1.54) is 0 Å². The molecule has 0 saturated carbocycles. The minimum absolute atomic E-state index is 0.0739. The molecule has 0 radical (unpaired) electrons. The van der Waals surface area contributed by atoms with Crippen molar-refractivity contribution in [3.05, 3.63) is 0 Å². The van der Waals surface area contributed by atoms with Crippen molar-refractivity contribution in [2.45, 2.75) is 65.8 Å². The average molecular weight is 218 g/mol. The zero-order valence-corrected chi connectivity index (χ0v) is 11.2. The third kappa shape index (κ3) is 16.3. The van der Waals surface area contributed by atoms with Gasteiger partial charge in [-0.15, -0.1) is 0 Å². The summed E-state index contributed by atoms with van der Waals surface area (Å²) < 4.78 is 11.3. The molecular formula is C12H26O3. The van der Waals surface area contributed by atoms with Crippen molar-refractivity contribution in [1.82, 2.24) is 0 Å². The smallest absolute Gasteiger partial charge is 0.106 e. The van der Waals surface area contributed by atoms with Gasteiger partial charge in [0, 0.05) is 0 Å². The third-order valence-electron chi connectivity index (χ3n) is 1.31. The van der Waals surface area contributed by atoms with Crippen LogP contribution in [0.2, 0.25) is 0 Å². The van der Waals surface area contributed by atoms with Crippen LogP contribution in [0.15, 0.2) is 0 Å². The molecule has 0 aliphatic carbocycles. The van der Waals surface area contributed by atoms with Crippen LogP contribution in [0.4, 0.5) is 0 Å². The molecule has 15 heavy (non-hydrogen) atoms. The number of hydrogen-bond donors (Lipinski definition) is 0. The first-order valence-electron chi connectivity index (χ1n) is 5.21. The molecule has 1 unspecified atom stereocenters. The summed E-state index contributed by atoms with van der Waals surface area (Å²) in [4.78, 5) is 8.00. The van der Waals surface area contributed by atoms with Gasteiger partial charge in [0.1, 0.15) is 6.79 Å². The van der Waals surface area contributed by atoms with Gasteiger partial charge in [-0.25, -0.2) is 0 Å². The van der Waals surface area contributed by atoms with E-state index in [9.17, 15) is 0 Å². The normalized spacial score (nSPS) is 14.1. The summed E-state index contributed by atoms with van der Waals surface area (Å²) in [6.45, 7) is 17.0. The van der Waals surface area contributed by atoms with Crippen molar-refractivity contribution >= 4 is 6.79 Å². The van der Waals surface area contributed by atoms with Gasteiger partial charge < -0.3 is 14.3 Å². The number of hydrogen-bond acceptors (Lipinski definition) is 3. The van der Waals surface area contributed by atoms with E-state index in [2.05, 4.69) is 41.5 Å². The Balaban J connectivity index is 0. The molecule has 0 aromatic heterocycles. The highest BCUT2D eigenvalue weighted by Crippen LogP contribution is 2.13. The minimum atomic E-state index is -0.0827. The van der Waals surface area contributed by atoms with Crippen LogP contribution in [0, 0.1) is 0 Å². The summed E-state index contributed by atoms with van der Waals surface area (Å²) in [5.41, 5.74) is -0.157. The molecule has 92 valence electrons. The molecule has 0 bridgehead atoms. The zero-order chi connectivity index (χ0) is 12.7. The van der Waals surface area contributed by atoms with Crippen molar-refractivity contribution in [3.63, 3.8) is 0 Å². The van der Waals surface area contributed by atoms with Gasteiger partial charge in [0.05, 0.1) is 23.9 Å². The van der Waals surface area contributed by atoms with E-state index < -0.39 is 0 Å². The molecule has 1 atom stereocenters. The number of rotatable bonds is 3. The second-order valence-corrected chi connectivity index (χ2v) is 5.46. The van der Waals surface area contributed by atoms with Crippen LogP contribution >= 0.6 is 0 Å². The van der Waals surface area contributed by atoms with E-state index in [-0.39, 0.29) is 17.3 Å². The van der Waals surface area contributed by atoms with E-state index in [4.69, 9.17) is 14.3 Å². The molecule has 0 fully saturated rings. The molecule has 0 rings (SSSR count). The monoisotopic (exact) mass is 218 g/mol. The average Bonchev–Trinajstić information content (AvgIpc) is 2.00. The lowest BCUT2D eigenvalue weighted by atomic mass is 10.2. The summed E-state index contributed by atoms with van der Waals surface area (Å²) in [6.07, 6.45) is 0.152. The predicted octanol–water partition coefficient (Wildman–Crippen LogP) is 2.82. The lowest BCUT2D eigenvalue weighted by Gasteiger charge is -2.28. The van der Waals surface area contributed by atoms with Crippen molar-refractivity contribution in [1.29, 1.82) is 0 Å². The van der Waals surface area contributed by atoms with E-state index in [1.807, 2.05) is 13.7 Å². The Morgan fingerprint density at radius 3 is 1.67 bits per heavy atom. The van der Waals surface area contributed by atoms with Gasteiger partial charge in [0.15, 0.2) is 0 Å². The minimum Gasteiger partial charge on any atom is -0.373 e. The molecule has 0 saturated heterocycles. The number of ether oxygens (including phenoxy) is 2. The fourth-order valence-electron chi connectivity index (χ4n) is 1.00. The van der Waals surface area contributed by atoms with Gasteiger partial charge >= 0.3 is 0 Å². The van der Waals surface area contributed by atoms with Crippen LogP contribution in [-0.2, 0) is 14.3 Å². The highest BCUT2D eigenvalue weighted by Gasteiger charge is 2.17. The molecular weight excluding hydrogens is 192 g/mol. The molecule has 3 heteroatoms. The van der Waals surface area contributed by atoms with Gasteiger partial charge in [-0.05, 0) is 48.5 Å². The van der Waals surface area contributed by atoms with E-state index in [1.54, 1.807) is 0 Å². The van der Waals surface area contributed by atoms with E-state index in [0.29, 0.717) is 6.61 Å². The van der Waals surface area contributed by atoms with Crippen LogP contribution in [0.1, 0.15) is 48.5 Å². The molecule has 0 amide bonds. The molecule has 0 aromatic carbocycles. The first kappa shape index (κ1) is 17.0. The lowest BCUT2D eigenvalue weighted by molar-refractivity contribution is -0.112. The van der Waals surface area contributed by atoms with E-state index in [0.717, 1.165) is 0 Å². The maximum atomic E-state index is 8.00. The molecule has 0 aliphatic heterocycles. The van der Waals surface area contributed by atoms with Gasteiger partial charge in [0.25, 0.3) is 0 Å². The third-order valence-corrected chi connectivity index (χ3v) is 1.31. The second kappa shape index (κ2) is 6.96. The Bertz CT molecular complexity index is 153. The highest BCUT2D eigenvalue weighted by molar-refractivity contribution is 5.10. The quantitative estimate of drug-likeness (QED) is 0.730. The van der Waals surface area contributed by atoms with E-state index >= 15 is 0 Å². The first-order valence-corrected chi connectivity index (χ1v) is 5.21. The summed E-state index contributed by atoms with van der Waals surface area (Å²) >= 11 is 0. The Morgan fingerprint density at radius 1 is 1.00 bits per heavy atom. The van der Waals surface area contributed by atoms with Gasteiger partial charge in [-0.3, -0.25) is 0 Å². The van der Waals surface area contributed by atoms with Crippen molar-refractivity contribution in [2.24, 2.45) is 0 Å². The first-order chi connectivity index (χ1) is 6.60. The fourth-order valence-corrected chi connectivity index (χ4v) is 1.00. The van der Waals surface area contributed by atoms with Gasteiger partial charge in [-0.2, -0.15) is 0 Å². The zero-order valence-electron chi connectivity index (χ0n) is 11.2. The maximum Gasteiger partial charge on any atom is 0.106 e. The van der Waals surface area contributed by atoms with Crippen molar-refractivity contribution < 1.29 is 14.3 Å². The topological polar surface area (TPSA) is 35.5 Å². The number of carbonyl (C=O) groups excluding carboxylic acids is 1. The van der Waals surface area contributed by atoms with Crippen LogP contribution in [-0.4, -0.2) is 30.7 Å². The maximum absolute atomic E-state index is 8.00.